The second kappa shape index (κ2) is 5.20. The molecule has 1 aliphatic rings. The van der Waals surface area contributed by atoms with E-state index in [-0.39, 0.29) is 18.4 Å². The Morgan fingerprint density at radius 2 is 2.14 bits per heavy atom. The molecule has 1 atom stereocenters. The van der Waals surface area contributed by atoms with Crippen LogP contribution in [0.2, 0.25) is 0 Å². The van der Waals surface area contributed by atoms with Crippen LogP contribution in [0.5, 0.6) is 0 Å². The summed E-state index contributed by atoms with van der Waals surface area (Å²) >= 11 is 0. The molecule has 2 aromatic rings. The lowest BCUT2D eigenvalue weighted by molar-refractivity contribution is -0.149. The molecule has 0 spiro atoms. The van der Waals surface area contributed by atoms with Crippen LogP contribution in [-0.4, -0.2) is 39.1 Å². The van der Waals surface area contributed by atoms with E-state index in [0.29, 0.717) is 11.3 Å². The van der Waals surface area contributed by atoms with Crippen LogP contribution in [0.15, 0.2) is 28.8 Å². The van der Waals surface area contributed by atoms with Gasteiger partial charge in [-0.25, -0.2) is 4.79 Å². The highest BCUT2D eigenvalue weighted by Gasteiger charge is 2.38. The number of amides is 1. The molecule has 1 unspecified atom stereocenters. The van der Waals surface area contributed by atoms with Gasteiger partial charge >= 0.3 is 5.97 Å². The van der Waals surface area contributed by atoms with Crippen molar-refractivity contribution in [2.24, 2.45) is 0 Å². The van der Waals surface area contributed by atoms with E-state index in [0.717, 1.165) is 18.2 Å². The summed E-state index contributed by atoms with van der Waals surface area (Å²) in [5.74, 6) is -1.20. The Kier molecular flexibility index (Phi) is 3.37. The fourth-order valence-corrected chi connectivity index (χ4v) is 2.51. The van der Waals surface area contributed by atoms with E-state index in [9.17, 15) is 9.59 Å². The number of fused-ring (bicyclic) bond motifs is 1. The van der Waals surface area contributed by atoms with Gasteiger partial charge in [0.15, 0.2) is 5.58 Å². The summed E-state index contributed by atoms with van der Waals surface area (Å²) in [6.07, 6.45) is 1.79. The molecule has 1 N–H and O–H groups in total. The number of rotatable bonds is 5. The number of carbonyl (C=O) groups is 2. The smallest absolute Gasteiger partial charge is 0.326 e. The third kappa shape index (κ3) is 2.61. The second-order valence-corrected chi connectivity index (χ2v) is 5.35. The van der Waals surface area contributed by atoms with E-state index >= 15 is 0 Å². The standard InChI is InChI=1S/C15H16N2O4/c1-9(15(19)20)17(10-6-7-10)14(18)8-12-11-4-2-3-5-13(11)21-16-12/h2-5,9-10H,6-8H2,1H3,(H,19,20). The van der Waals surface area contributed by atoms with Gasteiger partial charge in [-0.1, -0.05) is 17.3 Å². The van der Waals surface area contributed by atoms with Crippen LogP contribution in [0.3, 0.4) is 0 Å². The normalized spacial score (nSPS) is 15.9. The van der Waals surface area contributed by atoms with Crippen LogP contribution >= 0.6 is 0 Å². The van der Waals surface area contributed by atoms with Crippen molar-refractivity contribution in [3.05, 3.63) is 30.0 Å². The van der Waals surface area contributed by atoms with E-state index in [2.05, 4.69) is 5.16 Å². The SMILES string of the molecule is CC(C(=O)O)N(C(=O)Cc1noc2ccccc12)C1CC1. The van der Waals surface area contributed by atoms with Crippen LogP contribution in [0.1, 0.15) is 25.5 Å². The number of nitrogens with zero attached hydrogens (tertiary/aromatic N) is 2. The molecule has 1 saturated carbocycles. The maximum atomic E-state index is 12.5. The molecule has 0 radical (unpaired) electrons. The minimum Gasteiger partial charge on any atom is -0.480 e. The second-order valence-electron chi connectivity index (χ2n) is 5.35. The lowest BCUT2D eigenvalue weighted by Crippen LogP contribution is -2.45. The van der Waals surface area contributed by atoms with E-state index in [1.807, 2.05) is 18.2 Å². The molecule has 6 nitrogen and oxygen atoms in total. The number of hydrogen-bond donors (Lipinski definition) is 1. The monoisotopic (exact) mass is 288 g/mol. The van der Waals surface area contributed by atoms with Gasteiger partial charge in [0.2, 0.25) is 5.91 Å². The van der Waals surface area contributed by atoms with Crippen LogP contribution in [0.4, 0.5) is 0 Å². The molecule has 1 amide bonds. The topological polar surface area (TPSA) is 83.6 Å². The summed E-state index contributed by atoms with van der Waals surface area (Å²) in [4.78, 5) is 25.1. The molecule has 0 saturated heterocycles. The number of aromatic nitrogens is 1. The summed E-state index contributed by atoms with van der Waals surface area (Å²) < 4.78 is 5.18. The van der Waals surface area contributed by atoms with Gasteiger partial charge in [0.1, 0.15) is 11.7 Å². The quantitative estimate of drug-likeness (QED) is 0.907. The number of benzene rings is 1. The molecule has 1 aromatic carbocycles. The molecule has 21 heavy (non-hydrogen) atoms. The van der Waals surface area contributed by atoms with E-state index in [1.54, 1.807) is 13.0 Å². The van der Waals surface area contributed by atoms with Crippen molar-refractivity contribution in [1.82, 2.24) is 10.1 Å². The van der Waals surface area contributed by atoms with Gasteiger partial charge in [-0.05, 0) is 31.9 Å². The van der Waals surface area contributed by atoms with E-state index < -0.39 is 12.0 Å². The van der Waals surface area contributed by atoms with Crippen LogP contribution in [0, 0.1) is 0 Å². The van der Waals surface area contributed by atoms with Crippen molar-refractivity contribution in [2.45, 2.75) is 38.3 Å². The Labute approximate surface area is 121 Å². The van der Waals surface area contributed by atoms with Gasteiger partial charge in [0.25, 0.3) is 0 Å². The first-order valence-electron chi connectivity index (χ1n) is 6.95. The first kappa shape index (κ1) is 13.6. The van der Waals surface area contributed by atoms with Gasteiger partial charge in [0, 0.05) is 11.4 Å². The van der Waals surface area contributed by atoms with Gasteiger partial charge in [0.05, 0.1) is 6.42 Å². The zero-order valence-electron chi connectivity index (χ0n) is 11.7. The molecular formula is C15H16N2O4. The Hall–Kier alpha value is -2.37. The lowest BCUT2D eigenvalue weighted by atomic mass is 10.1. The molecule has 3 rings (SSSR count). The molecule has 110 valence electrons. The van der Waals surface area contributed by atoms with Gasteiger partial charge in [-0.3, -0.25) is 4.79 Å². The van der Waals surface area contributed by atoms with E-state index in [4.69, 9.17) is 9.63 Å². The minimum absolute atomic E-state index is 0.0433. The molecule has 1 heterocycles. The molecule has 0 aliphatic heterocycles. The van der Waals surface area contributed by atoms with Crippen LogP contribution < -0.4 is 0 Å². The van der Waals surface area contributed by atoms with Crippen molar-refractivity contribution in [3.8, 4) is 0 Å². The fourth-order valence-electron chi connectivity index (χ4n) is 2.51. The zero-order chi connectivity index (χ0) is 15.0. The maximum absolute atomic E-state index is 12.5. The summed E-state index contributed by atoms with van der Waals surface area (Å²) in [7, 11) is 0. The van der Waals surface area contributed by atoms with E-state index in [1.165, 1.54) is 4.90 Å². The third-order valence-corrected chi connectivity index (χ3v) is 3.77. The highest BCUT2D eigenvalue weighted by Crippen LogP contribution is 2.30. The average molecular weight is 288 g/mol. The largest absolute Gasteiger partial charge is 0.480 e. The molecule has 1 fully saturated rings. The number of aliphatic carboxylic acids is 1. The van der Waals surface area contributed by atoms with Gasteiger partial charge < -0.3 is 14.5 Å². The fraction of sp³-hybridized carbons (Fsp3) is 0.400. The summed E-state index contributed by atoms with van der Waals surface area (Å²) in [6.45, 7) is 1.54. The molecule has 0 bridgehead atoms. The number of carbonyl (C=O) groups excluding carboxylic acids is 1. The predicted molar refractivity (Wildman–Crippen MR) is 74.7 cm³/mol. The molecular weight excluding hydrogens is 272 g/mol. The summed E-state index contributed by atoms with van der Waals surface area (Å²) in [6, 6.07) is 6.55. The lowest BCUT2D eigenvalue weighted by Gasteiger charge is -2.26. The van der Waals surface area contributed by atoms with Crippen molar-refractivity contribution in [2.75, 3.05) is 0 Å². The Balaban J connectivity index is 1.82. The van der Waals surface area contributed by atoms with Gasteiger partial charge in [-0.2, -0.15) is 0 Å². The van der Waals surface area contributed by atoms with Gasteiger partial charge in [-0.15, -0.1) is 0 Å². The number of carboxylic acid groups (broad SMARTS) is 1. The van der Waals surface area contributed by atoms with Crippen molar-refractivity contribution < 1.29 is 19.2 Å². The minimum atomic E-state index is -0.986. The molecule has 1 aromatic heterocycles. The summed E-state index contributed by atoms with van der Waals surface area (Å²) in [5, 5.41) is 13.9. The number of hydrogen-bond acceptors (Lipinski definition) is 4. The average Bonchev–Trinajstić information content (AvgIpc) is 3.21. The van der Waals surface area contributed by atoms with Crippen LogP contribution in [-0.2, 0) is 16.0 Å². The Bertz CT molecular complexity index is 690. The maximum Gasteiger partial charge on any atom is 0.326 e. The molecule has 6 heteroatoms. The van der Waals surface area contributed by atoms with Crippen molar-refractivity contribution >= 4 is 22.8 Å². The number of carboxylic acids is 1. The third-order valence-electron chi connectivity index (χ3n) is 3.77. The van der Waals surface area contributed by atoms with Crippen molar-refractivity contribution in [3.63, 3.8) is 0 Å². The highest BCUT2D eigenvalue weighted by atomic mass is 16.5. The molecule has 1 aliphatic carbocycles. The first-order valence-corrected chi connectivity index (χ1v) is 6.95. The highest BCUT2D eigenvalue weighted by molar-refractivity contribution is 5.89. The Morgan fingerprint density at radius 1 is 1.43 bits per heavy atom. The van der Waals surface area contributed by atoms with Crippen molar-refractivity contribution in [1.29, 1.82) is 0 Å². The summed E-state index contributed by atoms with van der Waals surface area (Å²) in [5.41, 5.74) is 1.18. The number of para-hydroxylation sites is 1. The first-order chi connectivity index (χ1) is 10.1. The predicted octanol–water partition coefficient (Wildman–Crippen LogP) is 1.83. The van der Waals surface area contributed by atoms with Crippen LogP contribution in [0.25, 0.3) is 11.0 Å². The zero-order valence-corrected chi connectivity index (χ0v) is 11.7. The Morgan fingerprint density at radius 3 is 2.81 bits per heavy atom.